The number of benzene rings is 1. The first-order valence-corrected chi connectivity index (χ1v) is 5.92. The maximum absolute atomic E-state index is 5.82. The van der Waals surface area contributed by atoms with Crippen molar-refractivity contribution in [1.82, 2.24) is 5.32 Å². The summed E-state index contributed by atoms with van der Waals surface area (Å²) < 4.78 is 16.4. The molecule has 1 aromatic carbocycles. The van der Waals surface area contributed by atoms with Crippen LogP contribution in [0.4, 0.5) is 0 Å². The minimum Gasteiger partial charge on any atom is -0.493 e. The van der Waals surface area contributed by atoms with E-state index in [1.807, 2.05) is 18.2 Å². The van der Waals surface area contributed by atoms with E-state index in [-0.39, 0.29) is 0 Å². The van der Waals surface area contributed by atoms with E-state index in [9.17, 15) is 0 Å². The van der Waals surface area contributed by atoms with Crippen molar-refractivity contribution in [3.63, 3.8) is 0 Å². The summed E-state index contributed by atoms with van der Waals surface area (Å²) in [6, 6.07) is 6.07. The molecule has 1 aromatic rings. The summed E-state index contributed by atoms with van der Waals surface area (Å²) in [4.78, 5) is 0. The fourth-order valence-electron chi connectivity index (χ4n) is 2.04. The van der Waals surface area contributed by atoms with E-state index in [0.29, 0.717) is 29.9 Å². The second kappa shape index (κ2) is 5.77. The minimum absolute atomic E-state index is 0.435. The quantitative estimate of drug-likeness (QED) is 0.848. The summed E-state index contributed by atoms with van der Waals surface area (Å²) in [5.74, 6) is 2.11. The van der Waals surface area contributed by atoms with Crippen molar-refractivity contribution >= 4 is 0 Å². The Kier molecular flexibility index (Phi) is 4.09. The van der Waals surface area contributed by atoms with E-state index >= 15 is 0 Å². The zero-order valence-corrected chi connectivity index (χ0v) is 10.4. The summed E-state index contributed by atoms with van der Waals surface area (Å²) in [6.45, 7) is 1.73. The summed E-state index contributed by atoms with van der Waals surface area (Å²) in [6.07, 6.45) is 2.38. The van der Waals surface area contributed by atoms with Crippen LogP contribution in [0.2, 0.25) is 0 Å². The van der Waals surface area contributed by atoms with Gasteiger partial charge in [0.25, 0.3) is 0 Å². The maximum atomic E-state index is 5.82. The van der Waals surface area contributed by atoms with Gasteiger partial charge in [-0.05, 0) is 31.5 Å². The smallest absolute Gasteiger partial charge is 0.203 e. The molecule has 1 N–H and O–H groups in total. The molecule has 0 aliphatic carbocycles. The van der Waals surface area contributed by atoms with Crippen LogP contribution in [0.5, 0.6) is 17.2 Å². The normalized spacial score (nSPS) is 19.1. The van der Waals surface area contributed by atoms with Crippen molar-refractivity contribution < 1.29 is 14.2 Å². The van der Waals surface area contributed by atoms with Crippen molar-refractivity contribution in [3.8, 4) is 17.2 Å². The number of ether oxygens (including phenoxy) is 3. The summed E-state index contributed by atoms with van der Waals surface area (Å²) in [7, 11) is 3.27. The third-order valence-electron chi connectivity index (χ3n) is 2.97. The highest BCUT2D eigenvalue weighted by Gasteiger charge is 2.17. The van der Waals surface area contributed by atoms with Gasteiger partial charge in [-0.25, -0.2) is 0 Å². The van der Waals surface area contributed by atoms with Crippen LogP contribution in [0.1, 0.15) is 12.8 Å². The molecule has 0 saturated carbocycles. The van der Waals surface area contributed by atoms with Crippen LogP contribution in [-0.2, 0) is 0 Å². The molecule has 1 heterocycles. The number of hydrogen-bond donors (Lipinski definition) is 1. The maximum Gasteiger partial charge on any atom is 0.203 e. The largest absolute Gasteiger partial charge is 0.493 e. The highest BCUT2D eigenvalue weighted by Crippen LogP contribution is 2.36. The zero-order chi connectivity index (χ0) is 12.1. The first-order chi connectivity index (χ1) is 8.35. The second-order valence-electron chi connectivity index (χ2n) is 4.10. The van der Waals surface area contributed by atoms with E-state index < -0.39 is 0 Å². The molecule has 1 fully saturated rings. The number of para-hydroxylation sites is 1. The molecule has 0 bridgehead atoms. The van der Waals surface area contributed by atoms with Gasteiger partial charge in [0.2, 0.25) is 5.75 Å². The highest BCUT2D eigenvalue weighted by atomic mass is 16.5. The second-order valence-corrected chi connectivity index (χ2v) is 4.10. The molecule has 0 aromatic heterocycles. The molecular weight excluding hydrogens is 218 g/mol. The molecule has 1 saturated heterocycles. The Bertz CT molecular complexity index is 339. The predicted molar refractivity (Wildman–Crippen MR) is 66.1 cm³/mol. The average Bonchev–Trinajstić information content (AvgIpc) is 2.88. The zero-order valence-electron chi connectivity index (χ0n) is 10.4. The lowest BCUT2D eigenvalue weighted by molar-refractivity contribution is 0.248. The van der Waals surface area contributed by atoms with Gasteiger partial charge in [0, 0.05) is 6.04 Å². The van der Waals surface area contributed by atoms with Gasteiger partial charge in [0.1, 0.15) is 6.61 Å². The first kappa shape index (κ1) is 12.0. The first-order valence-electron chi connectivity index (χ1n) is 5.92. The van der Waals surface area contributed by atoms with Crippen molar-refractivity contribution in [1.29, 1.82) is 0 Å². The molecule has 94 valence electrons. The summed E-state index contributed by atoms with van der Waals surface area (Å²) >= 11 is 0. The molecule has 4 nitrogen and oxygen atoms in total. The van der Waals surface area contributed by atoms with Gasteiger partial charge in [-0.2, -0.15) is 0 Å². The Balaban J connectivity index is 2.06. The van der Waals surface area contributed by atoms with Crippen molar-refractivity contribution in [2.24, 2.45) is 0 Å². The third-order valence-corrected chi connectivity index (χ3v) is 2.97. The fourth-order valence-corrected chi connectivity index (χ4v) is 2.04. The SMILES string of the molecule is COc1cccc(OC)c1OC[C@@H]1CCCN1. The Morgan fingerprint density at radius 1 is 1.24 bits per heavy atom. The molecule has 17 heavy (non-hydrogen) atoms. The van der Waals surface area contributed by atoms with E-state index in [1.54, 1.807) is 14.2 Å². The molecule has 2 rings (SSSR count). The molecule has 1 aliphatic heterocycles. The van der Waals surface area contributed by atoms with Gasteiger partial charge < -0.3 is 19.5 Å². The number of nitrogens with one attached hydrogen (secondary N) is 1. The van der Waals surface area contributed by atoms with E-state index in [0.717, 1.165) is 13.0 Å². The topological polar surface area (TPSA) is 39.7 Å². The Labute approximate surface area is 102 Å². The molecule has 4 heteroatoms. The Hall–Kier alpha value is -1.42. The molecule has 0 radical (unpaired) electrons. The van der Waals surface area contributed by atoms with Gasteiger partial charge in [0.05, 0.1) is 14.2 Å². The van der Waals surface area contributed by atoms with Crippen LogP contribution in [0.3, 0.4) is 0 Å². The van der Waals surface area contributed by atoms with E-state index in [4.69, 9.17) is 14.2 Å². The van der Waals surface area contributed by atoms with Crippen LogP contribution < -0.4 is 19.5 Å². The van der Waals surface area contributed by atoms with Crippen molar-refractivity contribution in [2.45, 2.75) is 18.9 Å². The molecule has 1 atom stereocenters. The Morgan fingerprint density at radius 2 is 1.94 bits per heavy atom. The monoisotopic (exact) mass is 237 g/mol. The van der Waals surface area contributed by atoms with Gasteiger partial charge in [-0.3, -0.25) is 0 Å². The van der Waals surface area contributed by atoms with Crippen molar-refractivity contribution in [3.05, 3.63) is 18.2 Å². The van der Waals surface area contributed by atoms with Gasteiger partial charge in [-0.15, -0.1) is 0 Å². The van der Waals surface area contributed by atoms with Crippen LogP contribution in [0.15, 0.2) is 18.2 Å². The highest BCUT2D eigenvalue weighted by molar-refractivity contribution is 5.51. The Morgan fingerprint density at radius 3 is 2.47 bits per heavy atom. The fraction of sp³-hybridized carbons (Fsp3) is 0.538. The van der Waals surface area contributed by atoms with E-state index in [2.05, 4.69) is 5.32 Å². The lowest BCUT2D eigenvalue weighted by Gasteiger charge is -2.16. The van der Waals surface area contributed by atoms with Gasteiger partial charge in [-0.1, -0.05) is 6.07 Å². The number of hydrogen-bond acceptors (Lipinski definition) is 4. The summed E-state index contributed by atoms with van der Waals surface area (Å²) in [5, 5.41) is 3.40. The van der Waals surface area contributed by atoms with Crippen molar-refractivity contribution in [2.75, 3.05) is 27.4 Å². The molecule has 0 spiro atoms. The summed E-state index contributed by atoms with van der Waals surface area (Å²) in [5.41, 5.74) is 0. The molecule has 0 amide bonds. The minimum atomic E-state index is 0.435. The third kappa shape index (κ3) is 2.82. The van der Waals surface area contributed by atoms with Crippen LogP contribution in [-0.4, -0.2) is 33.4 Å². The van der Waals surface area contributed by atoms with Gasteiger partial charge >= 0.3 is 0 Å². The lowest BCUT2D eigenvalue weighted by atomic mass is 10.2. The predicted octanol–water partition coefficient (Wildman–Crippen LogP) is 1.83. The standard InChI is InChI=1S/C13H19NO3/c1-15-11-6-3-7-12(16-2)13(11)17-9-10-5-4-8-14-10/h3,6-7,10,14H,4-5,8-9H2,1-2H3/t10-/m0/s1. The van der Waals surface area contributed by atoms with Gasteiger partial charge in [0.15, 0.2) is 11.5 Å². The molecule has 1 aliphatic rings. The lowest BCUT2D eigenvalue weighted by Crippen LogP contribution is -2.28. The molecular formula is C13H19NO3. The average molecular weight is 237 g/mol. The number of methoxy groups -OCH3 is 2. The van der Waals surface area contributed by atoms with Crippen LogP contribution in [0, 0.1) is 0 Å². The van der Waals surface area contributed by atoms with E-state index in [1.165, 1.54) is 6.42 Å². The van der Waals surface area contributed by atoms with Crippen LogP contribution in [0.25, 0.3) is 0 Å². The number of rotatable bonds is 5. The molecule has 0 unspecified atom stereocenters. The van der Waals surface area contributed by atoms with Crippen LogP contribution >= 0.6 is 0 Å².